The Bertz CT molecular complexity index is 1340. The van der Waals surface area contributed by atoms with E-state index in [1.54, 1.807) is 27.8 Å². The van der Waals surface area contributed by atoms with Crippen LogP contribution in [0.15, 0.2) is 48.5 Å². The third-order valence-corrected chi connectivity index (χ3v) is 6.16. The smallest absolute Gasteiger partial charge is 0.257 e. The van der Waals surface area contributed by atoms with Crippen molar-refractivity contribution in [3.63, 3.8) is 0 Å². The van der Waals surface area contributed by atoms with Gasteiger partial charge in [-0.25, -0.2) is 9.67 Å². The van der Waals surface area contributed by atoms with Crippen LogP contribution in [0.4, 0.5) is 0 Å². The lowest BCUT2D eigenvalue weighted by Gasteiger charge is -2.27. The van der Waals surface area contributed by atoms with Gasteiger partial charge in [0.05, 0.1) is 41.2 Å². The first kappa shape index (κ1) is 21.7. The predicted molar refractivity (Wildman–Crippen MR) is 130 cm³/mol. The molecule has 0 aliphatic carbocycles. The molecule has 4 aromatic rings. The predicted octanol–water partition coefficient (Wildman–Crippen LogP) is 4.76. The van der Waals surface area contributed by atoms with Crippen LogP contribution in [-0.4, -0.2) is 56.9 Å². The number of ether oxygens (including phenoxy) is 1. The normalized spacial score (nSPS) is 14.8. The van der Waals surface area contributed by atoms with Crippen LogP contribution in [0.2, 0.25) is 10.2 Å². The van der Waals surface area contributed by atoms with E-state index in [0.717, 1.165) is 16.7 Å². The van der Waals surface area contributed by atoms with Crippen LogP contribution in [0.3, 0.4) is 0 Å². The fraction of sp³-hybridized carbons (Fsp3) is 0.208. The zero-order valence-electron chi connectivity index (χ0n) is 17.9. The standard InChI is InChI=1S/C24H21Cl2N5O2/c1-15-18(22(26)31(29-15)17-6-4-5-16(25)13-17)14-19(24(32)30-9-11-33-12-10-30)23-27-20-7-2-3-8-21(20)28-23/h2-8,13-14H,9-12H2,1H3,(H,27,28)/b19-14+. The summed E-state index contributed by atoms with van der Waals surface area (Å²) in [5, 5.41) is 5.56. The number of carbonyl (C=O) groups is 1. The lowest BCUT2D eigenvalue weighted by molar-refractivity contribution is -0.128. The maximum absolute atomic E-state index is 13.6. The van der Waals surface area contributed by atoms with Crippen LogP contribution in [0.25, 0.3) is 28.4 Å². The first-order valence-electron chi connectivity index (χ1n) is 10.6. The molecular weight excluding hydrogens is 461 g/mol. The van der Waals surface area contributed by atoms with Gasteiger partial charge in [-0.15, -0.1) is 0 Å². The molecule has 1 aliphatic heterocycles. The van der Waals surface area contributed by atoms with E-state index < -0.39 is 0 Å². The minimum Gasteiger partial charge on any atom is -0.378 e. The van der Waals surface area contributed by atoms with Gasteiger partial charge in [0.15, 0.2) is 0 Å². The number of aromatic amines is 1. The molecule has 3 heterocycles. The summed E-state index contributed by atoms with van der Waals surface area (Å²) in [7, 11) is 0. The molecule has 2 aromatic heterocycles. The Morgan fingerprint density at radius 2 is 1.91 bits per heavy atom. The van der Waals surface area contributed by atoms with Gasteiger partial charge in [-0.2, -0.15) is 5.10 Å². The largest absolute Gasteiger partial charge is 0.378 e. The lowest BCUT2D eigenvalue weighted by Crippen LogP contribution is -2.41. The second-order valence-electron chi connectivity index (χ2n) is 7.75. The number of aromatic nitrogens is 4. The number of morpholine rings is 1. The van der Waals surface area contributed by atoms with Crippen molar-refractivity contribution < 1.29 is 9.53 Å². The van der Waals surface area contributed by atoms with Crippen molar-refractivity contribution in [3.8, 4) is 5.69 Å². The summed E-state index contributed by atoms with van der Waals surface area (Å²) in [5.74, 6) is 0.349. The molecule has 5 rings (SSSR count). The molecule has 1 amide bonds. The number of aryl methyl sites for hydroxylation is 1. The summed E-state index contributed by atoms with van der Waals surface area (Å²) < 4.78 is 7.03. The molecule has 33 heavy (non-hydrogen) atoms. The highest BCUT2D eigenvalue weighted by molar-refractivity contribution is 6.33. The van der Waals surface area contributed by atoms with Gasteiger partial charge in [0.1, 0.15) is 11.0 Å². The summed E-state index contributed by atoms with van der Waals surface area (Å²) in [6.07, 6.45) is 1.77. The average Bonchev–Trinajstić information content (AvgIpc) is 3.38. The van der Waals surface area contributed by atoms with E-state index in [1.807, 2.05) is 43.3 Å². The number of para-hydroxylation sites is 2. The number of nitrogens with one attached hydrogen (secondary N) is 1. The minimum atomic E-state index is -0.136. The average molecular weight is 482 g/mol. The number of benzene rings is 2. The highest BCUT2D eigenvalue weighted by atomic mass is 35.5. The number of nitrogens with zero attached hydrogens (tertiary/aromatic N) is 4. The maximum Gasteiger partial charge on any atom is 0.257 e. The van der Waals surface area contributed by atoms with E-state index in [9.17, 15) is 4.79 Å². The first-order valence-corrected chi connectivity index (χ1v) is 11.3. The number of imidazole rings is 1. The number of halogens is 2. The zero-order valence-corrected chi connectivity index (χ0v) is 19.4. The fourth-order valence-electron chi connectivity index (χ4n) is 3.85. The molecule has 0 unspecified atom stereocenters. The van der Waals surface area contributed by atoms with Gasteiger partial charge < -0.3 is 14.6 Å². The number of fused-ring (bicyclic) bond motifs is 1. The molecule has 0 radical (unpaired) electrons. The Morgan fingerprint density at radius 3 is 2.67 bits per heavy atom. The van der Waals surface area contributed by atoms with Gasteiger partial charge in [-0.1, -0.05) is 41.4 Å². The molecular formula is C24H21Cl2N5O2. The Morgan fingerprint density at radius 1 is 1.12 bits per heavy atom. The van der Waals surface area contributed by atoms with E-state index in [0.29, 0.717) is 59.1 Å². The molecule has 9 heteroatoms. The van der Waals surface area contributed by atoms with Crippen LogP contribution >= 0.6 is 23.2 Å². The monoisotopic (exact) mass is 481 g/mol. The Labute approximate surface area is 200 Å². The van der Waals surface area contributed by atoms with Gasteiger partial charge in [-0.3, -0.25) is 4.79 Å². The minimum absolute atomic E-state index is 0.136. The quantitative estimate of drug-likeness (QED) is 0.426. The van der Waals surface area contributed by atoms with Crippen LogP contribution in [-0.2, 0) is 9.53 Å². The number of carbonyl (C=O) groups excluding carboxylic acids is 1. The third kappa shape index (κ3) is 4.27. The molecule has 0 atom stereocenters. The van der Waals surface area contributed by atoms with E-state index in [-0.39, 0.29) is 5.91 Å². The van der Waals surface area contributed by atoms with E-state index in [2.05, 4.69) is 15.1 Å². The van der Waals surface area contributed by atoms with Crippen LogP contribution < -0.4 is 0 Å². The van der Waals surface area contributed by atoms with Crippen molar-refractivity contribution in [2.75, 3.05) is 26.3 Å². The molecule has 1 fully saturated rings. The van der Waals surface area contributed by atoms with Crippen molar-refractivity contribution in [2.24, 2.45) is 0 Å². The van der Waals surface area contributed by atoms with Crippen molar-refractivity contribution in [1.29, 1.82) is 0 Å². The van der Waals surface area contributed by atoms with Crippen molar-refractivity contribution in [1.82, 2.24) is 24.6 Å². The van der Waals surface area contributed by atoms with Gasteiger partial charge in [-0.05, 0) is 43.3 Å². The van der Waals surface area contributed by atoms with E-state index in [1.165, 1.54) is 0 Å². The summed E-state index contributed by atoms with van der Waals surface area (Å²) in [4.78, 5) is 23.3. The summed E-state index contributed by atoms with van der Waals surface area (Å²) in [6, 6.07) is 14.9. The highest BCUT2D eigenvalue weighted by Gasteiger charge is 2.25. The number of hydrogen-bond donors (Lipinski definition) is 1. The molecule has 1 aliphatic rings. The first-order chi connectivity index (χ1) is 16.0. The molecule has 0 spiro atoms. The van der Waals surface area contributed by atoms with E-state index >= 15 is 0 Å². The summed E-state index contributed by atoms with van der Waals surface area (Å²) in [6.45, 7) is 3.90. The lowest BCUT2D eigenvalue weighted by atomic mass is 10.1. The second-order valence-corrected chi connectivity index (χ2v) is 8.54. The van der Waals surface area contributed by atoms with Crippen molar-refractivity contribution >= 4 is 51.8 Å². The second kappa shape index (κ2) is 9.02. The van der Waals surface area contributed by atoms with Crippen molar-refractivity contribution in [3.05, 3.63) is 75.8 Å². The van der Waals surface area contributed by atoms with E-state index in [4.69, 9.17) is 27.9 Å². The topological polar surface area (TPSA) is 76.0 Å². The van der Waals surface area contributed by atoms with Crippen LogP contribution in [0.5, 0.6) is 0 Å². The number of amides is 1. The summed E-state index contributed by atoms with van der Waals surface area (Å²) >= 11 is 12.9. The number of H-pyrrole nitrogens is 1. The van der Waals surface area contributed by atoms with Gasteiger partial charge in [0.2, 0.25) is 0 Å². The zero-order chi connectivity index (χ0) is 22.9. The molecule has 7 nitrogen and oxygen atoms in total. The van der Waals surface area contributed by atoms with Gasteiger partial charge >= 0.3 is 0 Å². The number of rotatable bonds is 4. The molecule has 0 bridgehead atoms. The van der Waals surface area contributed by atoms with Crippen molar-refractivity contribution in [2.45, 2.75) is 6.92 Å². The third-order valence-electron chi connectivity index (χ3n) is 5.56. The maximum atomic E-state index is 13.6. The van der Waals surface area contributed by atoms with Crippen LogP contribution in [0, 0.1) is 6.92 Å². The highest BCUT2D eigenvalue weighted by Crippen LogP contribution is 2.30. The summed E-state index contributed by atoms with van der Waals surface area (Å²) in [5.41, 5.74) is 4.12. The Kier molecular flexibility index (Phi) is 5.93. The fourth-order valence-corrected chi connectivity index (χ4v) is 4.36. The molecule has 0 saturated carbocycles. The molecule has 2 aromatic carbocycles. The molecule has 168 valence electrons. The van der Waals surface area contributed by atoms with Crippen LogP contribution in [0.1, 0.15) is 17.1 Å². The number of hydrogen-bond acceptors (Lipinski definition) is 4. The SMILES string of the molecule is Cc1nn(-c2cccc(Cl)c2)c(Cl)c1/C=C(/C(=O)N1CCOCC1)c1nc2ccccc2[nH]1. The van der Waals surface area contributed by atoms with Gasteiger partial charge in [0, 0.05) is 23.7 Å². The van der Waals surface area contributed by atoms with Gasteiger partial charge in [0.25, 0.3) is 5.91 Å². The Balaban J connectivity index is 1.63. The molecule has 1 saturated heterocycles. The molecule has 1 N–H and O–H groups in total. The Hall–Kier alpha value is -3.13.